The highest BCUT2D eigenvalue weighted by Gasteiger charge is 2.19. The molecular formula is C16H21FN4. The maximum Gasteiger partial charge on any atom is 0.128 e. The number of anilines is 1. The number of benzene rings is 1. The molecule has 2 aromatic rings. The minimum atomic E-state index is -0.175. The Labute approximate surface area is 124 Å². The summed E-state index contributed by atoms with van der Waals surface area (Å²) < 4.78 is 15.7. The van der Waals surface area contributed by atoms with Gasteiger partial charge in [0.1, 0.15) is 11.6 Å². The van der Waals surface area contributed by atoms with Gasteiger partial charge in [-0.1, -0.05) is 6.92 Å². The number of halogens is 1. The van der Waals surface area contributed by atoms with E-state index in [4.69, 9.17) is 0 Å². The highest BCUT2D eigenvalue weighted by molar-refractivity contribution is 5.54. The molecule has 5 heteroatoms. The normalized spacial score (nSPS) is 14.3. The first kappa shape index (κ1) is 14.1. The second-order valence-electron chi connectivity index (χ2n) is 5.41. The van der Waals surface area contributed by atoms with E-state index >= 15 is 0 Å². The fourth-order valence-corrected chi connectivity index (χ4v) is 2.78. The molecule has 0 aliphatic carbocycles. The molecule has 0 bridgehead atoms. The zero-order chi connectivity index (χ0) is 14.7. The molecule has 21 heavy (non-hydrogen) atoms. The molecule has 0 radical (unpaired) electrons. The van der Waals surface area contributed by atoms with Crippen molar-refractivity contribution in [3.63, 3.8) is 0 Å². The number of nitrogens with zero attached hydrogens (tertiary/aromatic N) is 3. The Morgan fingerprint density at radius 3 is 3.10 bits per heavy atom. The maximum atomic E-state index is 13.6. The Hall–Kier alpha value is -1.88. The third kappa shape index (κ3) is 3.08. The average Bonchev–Trinajstić information content (AvgIpc) is 2.95. The molecule has 0 amide bonds. The van der Waals surface area contributed by atoms with Crippen LogP contribution in [0.15, 0.2) is 30.6 Å². The van der Waals surface area contributed by atoms with Crippen molar-refractivity contribution in [3.05, 3.63) is 47.8 Å². The third-order valence-corrected chi connectivity index (χ3v) is 3.87. The summed E-state index contributed by atoms with van der Waals surface area (Å²) in [5, 5.41) is 3.36. The number of nitrogens with one attached hydrogen (secondary N) is 1. The van der Waals surface area contributed by atoms with Gasteiger partial charge < -0.3 is 14.8 Å². The van der Waals surface area contributed by atoms with Gasteiger partial charge >= 0.3 is 0 Å². The van der Waals surface area contributed by atoms with E-state index in [1.54, 1.807) is 12.1 Å². The smallest absolute Gasteiger partial charge is 0.128 e. The monoisotopic (exact) mass is 288 g/mol. The van der Waals surface area contributed by atoms with Gasteiger partial charge in [-0.15, -0.1) is 0 Å². The van der Waals surface area contributed by atoms with Crippen molar-refractivity contribution in [2.75, 3.05) is 18.0 Å². The number of imidazole rings is 1. The van der Waals surface area contributed by atoms with Crippen molar-refractivity contribution in [2.45, 2.75) is 33.0 Å². The summed E-state index contributed by atoms with van der Waals surface area (Å²) in [5.41, 5.74) is 2.12. The van der Waals surface area contributed by atoms with E-state index in [0.717, 1.165) is 49.7 Å². The van der Waals surface area contributed by atoms with Crippen LogP contribution in [0.1, 0.15) is 24.7 Å². The summed E-state index contributed by atoms with van der Waals surface area (Å²) >= 11 is 0. The van der Waals surface area contributed by atoms with E-state index in [1.807, 2.05) is 18.5 Å². The first-order chi connectivity index (χ1) is 10.3. The van der Waals surface area contributed by atoms with Crippen molar-refractivity contribution < 1.29 is 4.39 Å². The minimum Gasteiger partial charge on any atom is -0.362 e. The van der Waals surface area contributed by atoms with Crippen molar-refractivity contribution in [3.8, 4) is 0 Å². The lowest BCUT2D eigenvalue weighted by atomic mass is 10.1. The van der Waals surface area contributed by atoms with Gasteiger partial charge in [0.2, 0.25) is 0 Å². The topological polar surface area (TPSA) is 33.1 Å². The van der Waals surface area contributed by atoms with Crippen molar-refractivity contribution in [1.29, 1.82) is 0 Å². The molecule has 1 aromatic carbocycles. The van der Waals surface area contributed by atoms with Crippen LogP contribution in [-0.4, -0.2) is 22.6 Å². The molecule has 1 aliphatic rings. The first-order valence-corrected chi connectivity index (χ1v) is 7.52. The molecule has 0 atom stereocenters. The quantitative estimate of drug-likeness (QED) is 0.858. The fraction of sp³-hybridized carbons (Fsp3) is 0.438. The van der Waals surface area contributed by atoms with Crippen LogP contribution in [-0.2, 0) is 19.6 Å². The Morgan fingerprint density at radius 2 is 2.24 bits per heavy atom. The predicted molar refractivity (Wildman–Crippen MR) is 81.7 cm³/mol. The fourth-order valence-electron chi connectivity index (χ4n) is 2.78. The van der Waals surface area contributed by atoms with E-state index in [0.29, 0.717) is 6.54 Å². The summed E-state index contributed by atoms with van der Waals surface area (Å²) in [6.45, 7) is 6.40. The van der Waals surface area contributed by atoms with Crippen molar-refractivity contribution in [1.82, 2.24) is 14.9 Å². The highest BCUT2D eigenvalue weighted by Crippen LogP contribution is 2.25. The lowest BCUT2D eigenvalue weighted by Crippen LogP contribution is -2.34. The van der Waals surface area contributed by atoms with Crippen LogP contribution in [0.3, 0.4) is 0 Å². The van der Waals surface area contributed by atoms with Gasteiger partial charge in [-0.3, -0.25) is 0 Å². The molecule has 112 valence electrons. The van der Waals surface area contributed by atoms with Gasteiger partial charge in [-0.05, 0) is 36.7 Å². The largest absolute Gasteiger partial charge is 0.362 e. The third-order valence-electron chi connectivity index (χ3n) is 3.87. The lowest BCUT2D eigenvalue weighted by Gasteiger charge is -2.31. The number of hydrogen-bond acceptors (Lipinski definition) is 3. The van der Waals surface area contributed by atoms with Gasteiger partial charge in [0.25, 0.3) is 0 Å². The number of aromatic nitrogens is 2. The second-order valence-corrected chi connectivity index (χ2v) is 5.41. The first-order valence-electron chi connectivity index (χ1n) is 7.52. The molecule has 1 aromatic heterocycles. The van der Waals surface area contributed by atoms with Gasteiger partial charge in [0.15, 0.2) is 0 Å². The molecular weight excluding hydrogens is 267 g/mol. The van der Waals surface area contributed by atoms with Crippen LogP contribution in [0.25, 0.3) is 0 Å². The molecule has 3 rings (SSSR count). The molecule has 2 heterocycles. The number of hydrogen-bond donors (Lipinski definition) is 1. The maximum absolute atomic E-state index is 13.6. The average molecular weight is 288 g/mol. The van der Waals surface area contributed by atoms with E-state index in [-0.39, 0.29) is 5.82 Å². The summed E-state index contributed by atoms with van der Waals surface area (Å²) in [7, 11) is 0. The molecule has 0 fully saturated rings. The zero-order valence-electron chi connectivity index (χ0n) is 12.3. The Bertz CT molecular complexity index is 608. The standard InChI is InChI=1S/C16H21FN4/c1-2-5-18-11-13-10-14(17)3-4-15(13)21-9-8-20-7-6-19-16(20)12-21/h3-4,6-7,10,18H,2,5,8-9,11-12H2,1H3. The summed E-state index contributed by atoms with van der Waals surface area (Å²) in [6, 6.07) is 5.07. The Kier molecular flexibility index (Phi) is 4.20. The van der Waals surface area contributed by atoms with E-state index in [9.17, 15) is 4.39 Å². The van der Waals surface area contributed by atoms with Gasteiger partial charge in [-0.2, -0.15) is 0 Å². The van der Waals surface area contributed by atoms with Crippen LogP contribution >= 0.6 is 0 Å². The lowest BCUT2D eigenvalue weighted by molar-refractivity contribution is 0.555. The van der Waals surface area contributed by atoms with Crippen LogP contribution in [0.2, 0.25) is 0 Å². The minimum absolute atomic E-state index is 0.175. The summed E-state index contributed by atoms with van der Waals surface area (Å²) in [6.07, 6.45) is 4.93. The molecule has 1 N–H and O–H groups in total. The van der Waals surface area contributed by atoms with Gasteiger partial charge in [0, 0.05) is 37.7 Å². The van der Waals surface area contributed by atoms with E-state index in [2.05, 4.69) is 26.7 Å². The number of fused-ring (bicyclic) bond motifs is 1. The number of rotatable bonds is 5. The Balaban J connectivity index is 1.81. The molecule has 0 unspecified atom stereocenters. The SMILES string of the molecule is CCCNCc1cc(F)ccc1N1CCn2ccnc2C1. The summed E-state index contributed by atoms with van der Waals surface area (Å²) in [4.78, 5) is 6.67. The molecule has 0 spiro atoms. The Morgan fingerprint density at radius 1 is 1.33 bits per heavy atom. The zero-order valence-corrected chi connectivity index (χ0v) is 12.3. The second kappa shape index (κ2) is 6.26. The van der Waals surface area contributed by atoms with Gasteiger partial charge in [-0.25, -0.2) is 9.37 Å². The van der Waals surface area contributed by atoms with Crippen LogP contribution in [0, 0.1) is 5.82 Å². The van der Waals surface area contributed by atoms with Crippen molar-refractivity contribution in [2.24, 2.45) is 0 Å². The van der Waals surface area contributed by atoms with Crippen LogP contribution in [0.5, 0.6) is 0 Å². The highest BCUT2D eigenvalue weighted by atomic mass is 19.1. The predicted octanol–water partition coefficient (Wildman–Crippen LogP) is 2.54. The van der Waals surface area contributed by atoms with E-state index in [1.165, 1.54) is 0 Å². The van der Waals surface area contributed by atoms with Crippen molar-refractivity contribution >= 4 is 5.69 Å². The molecule has 0 saturated carbocycles. The molecule has 0 saturated heterocycles. The van der Waals surface area contributed by atoms with Crippen LogP contribution < -0.4 is 10.2 Å². The summed E-state index contributed by atoms with van der Waals surface area (Å²) in [5.74, 6) is 0.892. The molecule has 1 aliphatic heterocycles. The van der Waals surface area contributed by atoms with Crippen LogP contribution in [0.4, 0.5) is 10.1 Å². The molecule has 4 nitrogen and oxygen atoms in total. The van der Waals surface area contributed by atoms with E-state index < -0.39 is 0 Å². The van der Waals surface area contributed by atoms with Gasteiger partial charge in [0.05, 0.1) is 6.54 Å².